The van der Waals surface area contributed by atoms with Crippen LogP contribution in [0.5, 0.6) is 0 Å². The third-order valence-corrected chi connectivity index (χ3v) is 8.05. The minimum atomic E-state index is -0.200. The fourth-order valence-corrected chi connectivity index (χ4v) is 6.05. The van der Waals surface area contributed by atoms with Crippen molar-refractivity contribution in [1.29, 1.82) is 0 Å². The summed E-state index contributed by atoms with van der Waals surface area (Å²) in [6.45, 7) is 9.50. The second-order valence-corrected chi connectivity index (χ2v) is 10.3. The number of rotatable bonds is 6. The van der Waals surface area contributed by atoms with Crippen LogP contribution in [0.2, 0.25) is 0 Å². The van der Waals surface area contributed by atoms with E-state index in [1.165, 1.54) is 16.7 Å². The number of hydrogen-bond acceptors (Lipinski definition) is 7. The molecule has 0 unspecified atom stereocenters. The summed E-state index contributed by atoms with van der Waals surface area (Å²) in [6, 6.07) is 11.6. The van der Waals surface area contributed by atoms with E-state index < -0.39 is 0 Å². The van der Waals surface area contributed by atoms with Gasteiger partial charge in [-0.1, -0.05) is 49.1 Å². The van der Waals surface area contributed by atoms with Crippen LogP contribution in [0, 0.1) is 0 Å². The number of furan rings is 1. The summed E-state index contributed by atoms with van der Waals surface area (Å²) in [5, 5.41) is 1.02. The fraction of sp³-hybridized carbons (Fsp3) is 0.346. The van der Waals surface area contributed by atoms with E-state index in [0.717, 1.165) is 49.3 Å². The average Bonchev–Trinajstić information content (AvgIpc) is 3.49. The first-order valence-corrected chi connectivity index (χ1v) is 13.1. The number of nitrogens with zero attached hydrogens (tertiary/aromatic N) is 4. The van der Waals surface area contributed by atoms with E-state index in [2.05, 4.69) is 22.8 Å². The first kappa shape index (κ1) is 23.8. The van der Waals surface area contributed by atoms with E-state index >= 15 is 0 Å². The first-order valence-electron chi connectivity index (χ1n) is 11.9. The number of thioether (sulfide) groups is 1. The van der Waals surface area contributed by atoms with Gasteiger partial charge in [0.2, 0.25) is 0 Å². The number of aryl methyl sites for hydroxylation is 1. The van der Waals surface area contributed by atoms with E-state index in [1.54, 1.807) is 23.0 Å². The summed E-state index contributed by atoms with van der Waals surface area (Å²) in [4.78, 5) is 33.8. The molecule has 0 saturated carbocycles. The van der Waals surface area contributed by atoms with Gasteiger partial charge in [0.05, 0.1) is 34.5 Å². The second kappa shape index (κ2) is 10.0. The monoisotopic (exact) mass is 508 g/mol. The van der Waals surface area contributed by atoms with Crippen LogP contribution in [0.1, 0.15) is 25.2 Å². The molecule has 0 N–H and O–H groups in total. The Hall–Kier alpha value is -2.88. The van der Waals surface area contributed by atoms with Crippen LogP contribution in [-0.2, 0) is 17.9 Å². The van der Waals surface area contributed by atoms with Gasteiger partial charge in [-0.15, -0.1) is 0 Å². The highest BCUT2D eigenvalue weighted by Crippen LogP contribution is 2.37. The molecule has 1 amide bonds. The van der Waals surface area contributed by atoms with Gasteiger partial charge in [0.25, 0.3) is 11.5 Å². The van der Waals surface area contributed by atoms with Crippen LogP contribution in [-0.4, -0.2) is 57.3 Å². The number of thiocarbonyl (C=S) groups is 1. The molecular weight excluding hydrogens is 480 g/mol. The zero-order valence-electron chi connectivity index (χ0n) is 19.9. The number of amides is 1. The summed E-state index contributed by atoms with van der Waals surface area (Å²) in [5.74, 6) is 0.463. The number of aromatic nitrogens is 1. The minimum absolute atomic E-state index is 0.0876. The standard InChI is InChI=1S/C26H28N4O3S2/c1-3-27-11-13-28(14-12-27)23-19-9-5-6-10-21(19)29(4-2)24(31)20(23)16-22-25(32)30(26(34)35-22)17-18-8-7-15-33-18/h5-10,15-16H,3-4,11-14,17H2,1-2H3. The summed E-state index contributed by atoms with van der Waals surface area (Å²) in [7, 11) is 0. The molecule has 7 nitrogen and oxygen atoms in total. The highest BCUT2D eigenvalue weighted by atomic mass is 32.2. The number of likely N-dealkylation sites (N-methyl/N-ethyl adjacent to an activating group) is 1. The molecule has 2 fully saturated rings. The maximum absolute atomic E-state index is 13.8. The third kappa shape index (κ3) is 4.44. The number of fused-ring (bicyclic) bond motifs is 1. The normalized spacial score (nSPS) is 18.4. The van der Waals surface area contributed by atoms with Crippen LogP contribution in [0.15, 0.2) is 56.8 Å². The van der Waals surface area contributed by atoms with Crippen molar-refractivity contribution in [2.24, 2.45) is 0 Å². The molecule has 2 aromatic heterocycles. The highest BCUT2D eigenvalue weighted by Gasteiger charge is 2.34. The number of carbonyl (C=O) groups excluding carboxylic acids is 1. The highest BCUT2D eigenvalue weighted by molar-refractivity contribution is 8.26. The lowest BCUT2D eigenvalue weighted by Crippen LogP contribution is -2.47. The molecule has 2 aliphatic rings. The maximum Gasteiger partial charge on any atom is 0.266 e. The molecule has 1 aromatic carbocycles. The van der Waals surface area contributed by atoms with Gasteiger partial charge in [-0.3, -0.25) is 14.5 Å². The van der Waals surface area contributed by atoms with Crippen molar-refractivity contribution in [3.05, 3.63) is 69.2 Å². The molecule has 0 aliphatic carbocycles. The van der Waals surface area contributed by atoms with Crippen molar-refractivity contribution in [3.63, 3.8) is 0 Å². The minimum Gasteiger partial charge on any atom is -0.467 e. The predicted octanol–water partition coefficient (Wildman–Crippen LogP) is 4.16. The van der Waals surface area contributed by atoms with Crippen molar-refractivity contribution in [3.8, 4) is 0 Å². The predicted molar refractivity (Wildman–Crippen MR) is 146 cm³/mol. The first-order chi connectivity index (χ1) is 17.0. The lowest BCUT2D eigenvalue weighted by atomic mass is 10.0. The molecule has 3 aromatic rings. The molecule has 0 atom stereocenters. The molecule has 9 heteroatoms. The van der Waals surface area contributed by atoms with Gasteiger partial charge in [0.1, 0.15) is 10.1 Å². The van der Waals surface area contributed by atoms with Crippen molar-refractivity contribution in [1.82, 2.24) is 14.4 Å². The number of para-hydroxylation sites is 1. The summed E-state index contributed by atoms with van der Waals surface area (Å²) in [6.07, 6.45) is 3.33. The van der Waals surface area contributed by atoms with Crippen LogP contribution in [0.25, 0.3) is 17.0 Å². The van der Waals surface area contributed by atoms with E-state index in [-0.39, 0.29) is 18.0 Å². The van der Waals surface area contributed by atoms with E-state index in [1.807, 2.05) is 31.2 Å². The Bertz CT molecular complexity index is 1350. The lowest BCUT2D eigenvalue weighted by molar-refractivity contribution is -0.122. The number of carbonyl (C=O) groups is 1. The lowest BCUT2D eigenvalue weighted by Gasteiger charge is -2.37. The van der Waals surface area contributed by atoms with E-state index in [4.69, 9.17) is 16.6 Å². The molecule has 5 rings (SSSR count). The van der Waals surface area contributed by atoms with Crippen LogP contribution in [0.3, 0.4) is 0 Å². The molecule has 0 bridgehead atoms. The van der Waals surface area contributed by atoms with Gasteiger partial charge >= 0.3 is 0 Å². The number of benzene rings is 1. The number of pyridine rings is 1. The van der Waals surface area contributed by atoms with Crippen LogP contribution >= 0.6 is 24.0 Å². The van der Waals surface area contributed by atoms with Crippen LogP contribution < -0.4 is 10.5 Å². The average molecular weight is 509 g/mol. The number of piperazine rings is 1. The Labute approximate surface area is 214 Å². The zero-order valence-corrected chi connectivity index (χ0v) is 21.5. The Kier molecular flexibility index (Phi) is 6.82. The van der Waals surface area contributed by atoms with Gasteiger partial charge in [-0.05, 0) is 37.7 Å². The Balaban J connectivity index is 1.62. The molecule has 0 spiro atoms. The summed E-state index contributed by atoms with van der Waals surface area (Å²) < 4.78 is 7.67. The van der Waals surface area contributed by atoms with Crippen molar-refractivity contribution < 1.29 is 9.21 Å². The SMILES string of the molecule is CCN1CCN(c2c(C=C3SC(=S)N(Cc4ccco4)C3=O)c(=O)n(CC)c3ccccc23)CC1. The second-order valence-electron chi connectivity index (χ2n) is 8.60. The quantitative estimate of drug-likeness (QED) is 0.366. The number of hydrogen-bond donors (Lipinski definition) is 0. The topological polar surface area (TPSA) is 61.9 Å². The molecular formula is C26H28N4O3S2. The molecule has 2 saturated heterocycles. The largest absolute Gasteiger partial charge is 0.467 e. The summed E-state index contributed by atoms with van der Waals surface area (Å²) in [5.41, 5.74) is 2.28. The number of anilines is 1. The van der Waals surface area contributed by atoms with Gasteiger partial charge in [0, 0.05) is 38.1 Å². The third-order valence-electron chi connectivity index (χ3n) is 6.68. The van der Waals surface area contributed by atoms with Crippen molar-refractivity contribution >= 4 is 56.9 Å². The zero-order chi connectivity index (χ0) is 24.5. The molecule has 182 valence electrons. The van der Waals surface area contributed by atoms with Gasteiger partial charge in [0.15, 0.2) is 0 Å². The molecule has 35 heavy (non-hydrogen) atoms. The van der Waals surface area contributed by atoms with Crippen LogP contribution in [0.4, 0.5) is 5.69 Å². The van der Waals surface area contributed by atoms with Gasteiger partial charge in [-0.2, -0.15) is 0 Å². The van der Waals surface area contributed by atoms with Crippen molar-refractivity contribution in [2.45, 2.75) is 26.9 Å². The van der Waals surface area contributed by atoms with Gasteiger partial charge in [-0.25, -0.2) is 0 Å². The van der Waals surface area contributed by atoms with Crippen molar-refractivity contribution in [2.75, 3.05) is 37.6 Å². The van der Waals surface area contributed by atoms with Gasteiger partial charge < -0.3 is 18.8 Å². The van der Waals surface area contributed by atoms with E-state index in [9.17, 15) is 9.59 Å². The Morgan fingerprint density at radius 3 is 2.49 bits per heavy atom. The fourth-order valence-electron chi connectivity index (χ4n) is 4.81. The summed E-state index contributed by atoms with van der Waals surface area (Å²) >= 11 is 6.75. The Morgan fingerprint density at radius 2 is 1.80 bits per heavy atom. The molecule has 4 heterocycles. The smallest absolute Gasteiger partial charge is 0.266 e. The Morgan fingerprint density at radius 1 is 1.03 bits per heavy atom. The maximum atomic E-state index is 13.8. The molecule has 2 aliphatic heterocycles. The van der Waals surface area contributed by atoms with E-state index in [0.29, 0.717) is 27.1 Å². The molecule has 0 radical (unpaired) electrons.